The second-order valence-corrected chi connectivity index (χ2v) is 12.2. The van der Waals surface area contributed by atoms with Crippen molar-refractivity contribution in [1.82, 2.24) is 15.0 Å². The summed E-state index contributed by atoms with van der Waals surface area (Å²) >= 11 is 0.936. The number of rotatable bonds is 6. The van der Waals surface area contributed by atoms with Gasteiger partial charge in [0.2, 0.25) is 0 Å². The Kier molecular flexibility index (Phi) is 4.96. The van der Waals surface area contributed by atoms with Gasteiger partial charge < -0.3 is 0 Å². The van der Waals surface area contributed by atoms with Crippen molar-refractivity contribution in [2.45, 2.75) is 0 Å². The predicted octanol–water partition coefficient (Wildman–Crippen LogP) is 12.2. The molecule has 0 amide bonds. The fourth-order valence-electron chi connectivity index (χ4n) is 5.70. The number of nitrogens with zero attached hydrogens (tertiary/aromatic N) is 3. The number of benzene rings is 7. The maximum absolute atomic E-state index is 9.31. The zero-order chi connectivity index (χ0) is 42.1. The van der Waals surface area contributed by atoms with Gasteiger partial charge in [-0.25, -0.2) is 15.0 Å². The van der Waals surface area contributed by atoms with Crippen LogP contribution in [0.15, 0.2) is 176 Å². The van der Waals surface area contributed by atoms with E-state index in [-0.39, 0.29) is 66.4 Å². The highest BCUT2D eigenvalue weighted by atomic mass is 32.1. The molecule has 2 heterocycles. The molecule has 230 valence electrons. The fourth-order valence-corrected chi connectivity index (χ4v) is 6.82. The van der Waals surface area contributed by atoms with E-state index in [9.17, 15) is 2.74 Å². The molecule has 0 unspecified atom stereocenters. The summed E-state index contributed by atoms with van der Waals surface area (Å²) in [5.41, 5.74) is 4.64. The van der Waals surface area contributed by atoms with Crippen molar-refractivity contribution in [3.63, 3.8) is 0 Å². The van der Waals surface area contributed by atoms with Crippen molar-refractivity contribution in [2.75, 3.05) is 0 Å². The minimum absolute atomic E-state index is 0.00312. The molecule has 0 fully saturated rings. The first kappa shape index (κ1) is 19.6. The lowest BCUT2D eigenvalue weighted by molar-refractivity contribution is 1.08. The van der Waals surface area contributed by atoms with E-state index in [4.69, 9.17) is 27.3 Å². The topological polar surface area (TPSA) is 38.7 Å². The molecule has 0 bridgehead atoms. The van der Waals surface area contributed by atoms with Gasteiger partial charge in [0, 0.05) is 36.9 Å². The van der Waals surface area contributed by atoms with Crippen LogP contribution >= 0.6 is 11.3 Å². The van der Waals surface area contributed by atoms with Crippen molar-refractivity contribution in [3.8, 4) is 67.5 Å². The molecule has 0 spiro atoms. The third-order valence-corrected chi connectivity index (χ3v) is 9.29. The van der Waals surface area contributed by atoms with Crippen LogP contribution in [0.3, 0.4) is 0 Å². The van der Waals surface area contributed by atoms with Gasteiger partial charge in [-0.3, -0.25) is 0 Å². The third-order valence-electron chi connectivity index (χ3n) is 8.17. The van der Waals surface area contributed by atoms with Crippen molar-refractivity contribution in [1.29, 1.82) is 0 Å². The molecular formula is C45H29N3S. The molecule has 0 atom stereocenters. The molecule has 0 aliphatic rings. The molecule has 0 aliphatic heterocycles. The first-order valence-electron chi connectivity index (χ1n) is 21.0. The molecule has 0 radical (unpaired) electrons. The molecular weight excluding hydrogens is 615 g/mol. The highest BCUT2D eigenvalue weighted by molar-refractivity contribution is 7.26. The Morgan fingerprint density at radius 1 is 0.388 bits per heavy atom. The van der Waals surface area contributed by atoms with Crippen LogP contribution in [0.2, 0.25) is 0 Å². The third kappa shape index (κ3) is 5.58. The maximum atomic E-state index is 9.31. The number of hydrogen-bond acceptors (Lipinski definition) is 4. The summed E-state index contributed by atoms with van der Waals surface area (Å²) in [6, 6.07) is 29.3. The fraction of sp³-hybridized carbons (Fsp3) is 0. The van der Waals surface area contributed by atoms with Crippen molar-refractivity contribution < 1.29 is 15.1 Å². The van der Waals surface area contributed by atoms with Gasteiger partial charge >= 0.3 is 0 Å². The van der Waals surface area contributed by atoms with Crippen LogP contribution in [-0.4, -0.2) is 15.0 Å². The first-order valence-corrected chi connectivity index (χ1v) is 16.3. The van der Waals surface area contributed by atoms with Gasteiger partial charge in [0.25, 0.3) is 0 Å². The van der Waals surface area contributed by atoms with E-state index >= 15 is 0 Å². The molecule has 9 aromatic rings. The first-order chi connectivity index (χ1) is 28.8. The lowest BCUT2D eigenvalue weighted by Gasteiger charge is -2.10. The number of thiophene rings is 1. The average Bonchev–Trinajstić information content (AvgIpc) is 3.69. The molecule has 0 saturated carbocycles. The van der Waals surface area contributed by atoms with E-state index in [0.717, 1.165) is 33.6 Å². The summed E-state index contributed by atoms with van der Waals surface area (Å²) in [5.74, 6) is 0.562. The molecule has 4 heteroatoms. The van der Waals surface area contributed by atoms with E-state index < -0.39 is 54.4 Å². The average molecular weight is 655 g/mol. The van der Waals surface area contributed by atoms with E-state index in [1.807, 2.05) is 109 Å². The zero-order valence-corrected chi connectivity index (χ0v) is 26.5. The summed E-state index contributed by atoms with van der Waals surface area (Å²) in [5, 5.41) is 0.0527. The highest BCUT2D eigenvalue weighted by Crippen LogP contribution is 2.41. The van der Waals surface area contributed by atoms with Crippen LogP contribution < -0.4 is 0 Å². The van der Waals surface area contributed by atoms with Crippen LogP contribution in [0.25, 0.3) is 87.7 Å². The van der Waals surface area contributed by atoms with Crippen molar-refractivity contribution in [2.24, 2.45) is 0 Å². The van der Waals surface area contributed by atoms with Crippen LogP contribution in [-0.2, 0) is 0 Å². The number of hydrogen-bond donors (Lipinski definition) is 0. The van der Waals surface area contributed by atoms with Crippen LogP contribution in [0.5, 0.6) is 0 Å². The van der Waals surface area contributed by atoms with Gasteiger partial charge in [0.1, 0.15) is 0 Å². The summed E-state index contributed by atoms with van der Waals surface area (Å²) in [7, 11) is 0. The Morgan fingerprint density at radius 2 is 0.918 bits per heavy atom. The van der Waals surface area contributed by atoms with Gasteiger partial charge in [-0.05, 0) is 45.5 Å². The van der Waals surface area contributed by atoms with E-state index in [1.54, 1.807) is 0 Å². The normalized spacial score (nSPS) is 14.4. The lowest BCUT2D eigenvalue weighted by atomic mass is 10.0. The predicted molar refractivity (Wildman–Crippen MR) is 205 cm³/mol. The van der Waals surface area contributed by atoms with Gasteiger partial charge in [0.15, 0.2) is 17.5 Å². The Morgan fingerprint density at radius 3 is 1.51 bits per heavy atom. The molecule has 2 aromatic heterocycles. The lowest BCUT2D eigenvalue weighted by Crippen LogP contribution is -2.00. The largest absolute Gasteiger partial charge is 0.208 e. The molecule has 0 N–H and O–H groups in total. The highest BCUT2D eigenvalue weighted by Gasteiger charge is 2.17. The monoisotopic (exact) mass is 654 g/mol. The van der Waals surface area contributed by atoms with E-state index in [1.165, 1.54) is 0 Å². The van der Waals surface area contributed by atoms with Crippen LogP contribution in [0.4, 0.5) is 0 Å². The Balaban J connectivity index is 1.30. The van der Waals surface area contributed by atoms with Crippen molar-refractivity contribution in [3.05, 3.63) is 176 Å². The molecule has 7 aromatic carbocycles. The molecule has 3 nitrogen and oxygen atoms in total. The van der Waals surface area contributed by atoms with E-state index in [0.29, 0.717) is 11.1 Å². The van der Waals surface area contributed by atoms with E-state index in [2.05, 4.69) is 0 Å². The molecule has 49 heavy (non-hydrogen) atoms. The standard InChI is InChI=1S/C45H29N3S/c1-4-11-30(12-5-1)33-19-23-35(24-20-33)43-46-44(36-25-21-34(22-26-36)31-13-6-2-7-14-31)48-45(47-43)40-18-10-17-39-38-28-27-37(29-41(38)49-42(39)40)32-15-8-3-9-16-32/h1-29H/i3D,8D,9D,10D,15D,16D,17D,18D,27D,28D,29D. The number of fused-ring (bicyclic) bond motifs is 3. The Labute approximate surface area is 304 Å². The maximum Gasteiger partial charge on any atom is 0.165 e. The van der Waals surface area contributed by atoms with Gasteiger partial charge in [0.05, 0.1) is 15.1 Å². The van der Waals surface area contributed by atoms with Crippen molar-refractivity contribution >= 4 is 31.5 Å². The second-order valence-electron chi connectivity index (χ2n) is 11.2. The summed E-state index contributed by atoms with van der Waals surface area (Å²) in [6.45, 7) is 0. The smallest absolute Gasteiger partial charge is 0.165 e. The molecule has 9 rings (SSSR count). The Bertz CT molecular complexity index is 3060. The SMILES string of the molecule is [2H]c1c([2H])c([2H])c(-c2c([2H])c([2H])c3c(sc4c(-c5nc(-c6ccc(-c7ccccc7)cc6)nc(-c6ccc(-c7ccccc7)cc6)n5)c([2H])c([2H])c([2H])c43)c2[2H])c([2H])c1[2H]. The van der Waals surface area contributed by atoms with Gasteiger partial charge in [-0.1, -0.05) is 164 Å². The van der Waals surface area contributed by atoms with Gasteiger partial charge in [-0.2, -0.15) is 0 Å². The summed E-state index contributed by atoms with van der Waals surface area (Å²) in [6.07, 6.45) is 0. The quantitative estimate of drug-likeness (QED) is 0.179. The van der Waals surface area contributed by atoms with Gasteiger partial charge in [-0.15, -0.1) is 11.3 Å². The molecule has 0 saturated heterocycles. The van der Waals surface area contributed by atoms with Crippen LogP contribution in [0.1, 0.15) is 15.1 Å². The molecule has 0 aliphatic carbocycles. The summed E-state index contributed by atoms with van der Waals surface area (Å²) < 4.78 is 96.7. The summed E-state index contributed by atoms with van der Waals surface area (Å²) in [4.78, 5) is 14.6. The minimum Gasteiger partial charge on any atom is -0.208 e. The second kappa shape index (κ2) is 12.4. The minimum atomic E-state index is -0.646. The number of aromatic nitrogens is 3. The van der Waals surface area contributed by atoms with Crippen LogP contribution in [0, 0.1) is 0 Å². The Hall–Kier alpha value is -6.23. The zero-order valence-electron chi connectivity index (χ0n) is 36.6.